The average Bonchev–Trinajstić information content (AvgIpc) is 2.90. The number of rotatable bonds is 4. The van der Waals surface area contributed by atoms with Gasteiger partial charge in [0.25, 0.3) is 5.91 Å². The SMILES string of the molecule is CN1CCN(Cc2ccccc2)CC(NC(=O)c2c[nH]c3ccccc3c2=O)C1. The molecule has 6 nitrogen and oxygen atoms in total. The molecule has 3 aromatic rings. The minimum absolute atomic E-state index is 0.0513. The van der Waals surface area contributed by atoms with Gasteiger partial charge in [0.2, 0.25) is 5.43 Å². The molecule has 0 saturated carbocycles. The summed E-state index contributed by atoms with van der Waals surface area (Å²) in [4.78, 5) is 33.3. The first-order valence-electron chi connectivity index (χ1n) is 9.96. The summed E-state index contributed by atoms with van der Waals surface area (Å²) in [5, 5.41) is 3.62. The quantitative estimate of drug-likeness (QED) is 0.716. The average molecular weight is 390 g/mol. The smallest absolute Gasteiger partial charge is 0.257 e. The summed E-state index contributed by atoms with van der Waals surface area (Å²) >= 11 is 0. The van der Waals surface area contributed by atoms with Gasteiger partial charge in [-0.3, -0.25) is 14.5 Å². The van der Waals surface area contributed by atoms with Crippen molar-refractivity contribution in [1.29, 1.82) is 0 Å². The molecule has 1 fully saturated rings. The van der Waals surface area contributed by atoms with Crippen LogP contribution in [0.15, 0.2) is 65.6 Å². The lowest BCUT2D eigenvalue weighted by atomic mass is 10.1. The summed E-state index contributed by atoms with van der Waals surface area (Å²) in [5.41, 5.74) is 1.91. The van der Waals surface area contributed by atoms with E-state index in [1.165, 1.54) is 11.8 Å². The number of carbonyl (C=O) groups excluding carboxylic acids is 1. The van der Waals surface area contributed by atoms with Gasteiger partial charge in [0.1, 0.15) is 5.56 Å². The molecule has 1 aliphatic rings. The molecule has 1 amide bonds. The maximum Gasteiger partial charge on any atom is 0.257 e. The van der Waals surface area contributed by atoms with Crippen LogP contribution in [0.25, 0.3) is 10.9 Å². The normalized spacial score (nSPS) is 18.4. The second-order valence-electron chi connectivity index (χ2n) is 7.73. The third-order valence-corrected chi connectivity index (χ3v) is 5.43. The fraction of sp³-hybridized carbons (Fsp3) is 0.304. The van der Waals surface area contributed by atoms with Crippen molar-refractivity contribution in [3.05, 3.63) is 82.1 Å². The van der Waals surface area contributed by atoms with Gasteiger partial charge in [-0.25, -0.2) is 0 Å². The maximum absolute atomic E-state index is 12.9. The topological polar surface area (TPSA) is 68.4 Å². The predicted molar refractivity (Wildman–Crippen MR) is 115 cm³/mol. The number of nitrogens with one attached hydrogen (secondary N) is 2. The Morgan fingerprint density at radius 3 is 2.66 bits per heavy atom. The third-order valence-electron chi connectivity index (χ3n) is 5.43. The van der Waals surface area contributed by atoms with E-state index in [0.717, 1.165) is 38.2 Å². The second kappa shape index (κ2) is 8.59. The van der Waals surface area contributed by atoms with Crippen molar-refractivity contribution in [3.63, 3.8) is 0 Å². The fourth-order valence-electron chi connectivity index (χ4n) is 3.92. The molecular weight excluding hydrogens is 364 g/mol. The van der Waals surface area contributed by atoms with Gasteiger partial charge in [-0.2, -0.15) is 0 Å². The van der Waals surface area contributed by atoms with Gasteiger partial charge in [-0.15, -0.1) is 0 Å². The molecule has 1 saturated heterocycles. The first-order chi connectivity index (χ1) is 14.1. The molecule has 2 heterocycles. The predicted octanol–water partition coefficient (Wildman–Crippen LogP) is 2.07. The molecule has 0 spiro atoms. The van der Waals surface area contributed by atoms with Crippen LogP contribution in [0.3, 0.4) is 0 Å². The zero-order chi connectivity index (χ0) is 20.2. The van der Waals surface area contributed by atoms with Crippen LogP contribution in [0.1, 0.15) is 15.9 Å². The molecule has 4 rings (SSSR count). The van der Waals surface area contributed by atoms with Gasteiger partial charge >= 0.3 is 0 Å². The molecule has 0 aliphatic carbocycles. The number of carbonyl (C=O) groups is 1. The molecule has 1 aliphatic heterocycles. The largest absolute Gasteiger partial charge is 0.360 e. The van der Waals surface area contributed by atoms with Crippen LogP contribution in [0, 0.1) is 0 Å². The molecule has 6 heteroatoms. The Bertz CT molecular complexity index is 1050. The van der Waals surface area contributed by atoms with Crippen molar-refractivity contribution in [2.75, 3.05) is 33.2 Å². The highest BCUT2D eigenvalue weighted by molar-refractivity contribution is 5.97. The van der Waals surface area contributed by atoms with Crippen LogP contribution in [-0.4, -0.2) is 60.0 Å². The summed E-state index contributed by atoms with van der Waals surface area (Å²) in [6.45, 7) is 4.22. The van der Waals surface area contributed by atoms with Crippen LogP contribution in [0.2, 0.25) is 0 Å². The van der Waals surface area contributed by atoms with Gasteiger partial charge < -0.3 is 15.2 Å². The van der Waals surface area contributed by atoms with Crippen molar-refractivity contribution < 1.29 is 4.79 Å². The van der Waals surface area contributed by atoms with Crippen LogP contribution < -0.4 is 10.7 Å². The number of nitrogens with zero attached hydrogens (tertiary/aromatic N) is 2. The van der Waals surface area contributed by atoms with Crippen molar-refractivity contribution in [2.45, 2.75) is 12.6 Å². The molecule has 150 valence electrons. The van der Waals surface area contributed by atoms with Gasteiger partial charge in [-0.1, -0.05) is 42.5 Å². The zero-order valence-electron chi connectivity index (χ0n) is 16.6. The van der Waals surface area contributed by atoms with Gasteiger partial charge in [0.05, 0.1) is 6.04 Å². The Balaban J connectivity index is 1.50. The van der Waals surface area contributed by atoms with Crippen molar-refractivity contribution in [1.82, 2.24) is 20.1 Å². The van der Waals surface area contributed by atoms with Crippen molar-refractivity contribution >= 4 is 16.8 Å². The Kier molecular flexibility index (Phi) is 5.74. The Labute approximate surface area is 170 Å². The number of amides is 1. The Hall–Kier alpha value is -2.96. The first kappa shape index (κ1) is 19.4. The van der Waals surface area contributed by atoms with E-state index in [0.29, 0.717) is 5.39 Å². The minimum atomic E-state index is -0.322. The number of pyridine rings is 1. The van der Waals surface area contributed by atoms with E-state index < -0.39 is 0 Å². The first-order valence-corrected chi connectivity index (χ1v) is 9.96. The maximum atomic E-state index is 12.9. The van der Waals surface area contributed by atoms with Gasteiger partial charge in [-0.05, 0) is 24.7 Å². The molecule has 0 bridgehead atoms. The molecule has 2 aromatic carbocycles. The number of aromatic nitrogens is 1. The molecular formula is C23H26N4O2. The van der Waals surface area contributed by atoms with E-state index in [-0.39, 0.29) is 22.9 Å². The van der Waals surface area contributed by atoms with Crippen LogP contribution in [0.5, 0.6) is 0 Å². The van der Waals surface area contributed by atoms with E-state index in [2.05, 4.69) is 39.3 Å². The number of benzene rings is 2. The highest BCUT2D eigenvalue weighted by atomic mass is 16.2. The van der Waals surface area contributed by atoms with Crippen molar-refractivity contribution in [2.24, 2.45) is 0 Å². The van der Waals surface area contributed by atoms with Crippen molar-refractivity contribution in [3.8, 4) is 0 Å². The second-order valence-corrected chi connectivity index (χ2v) is 7.73. The summed E-state index contributed by atoms with van der Waals surface area (Å²) in [5.74, 6) is -0.322. The van der Waals surface area contributed by atoms with E-state index in [9.17, 15) is 9.59 Å². The number of fused-ring (bicyclic) bond motifs is 1. The summed E-state index contributed by atoms with van der Waals surface area (Å²) in [7, 11) is 2.06. The molecule has 1 unspecified atom stereocenters. The fourth-order valence-corrected chi connectivity index (χ4v) is 3.92. The monoisotopic (exact) mass is 390 g/mol. The van der Waals surface area contributed by atoms with Gasteiger partial charge in [0.15, 0.2) is 0 Å². The summed E-state index contributed by atoms with van der Waals surface area (Å²) in [6, 6.07) is 17.5. The van der Waals surface area contributed by atoms with E-state index >= 15 is 0 Å². The molecule has 1 aromatic heterocycles. The zero-order valence-corrected chi connectivity index (χ0v) is 16.6. The molecule has 29 heavy (non-hydrogen) atoms. The number of aromatic amines is 1. The number of hydrogen-bond acceptors (Lipinski definition) is 4. The molecule has 1 atom stereocenters. The Morgan fingerprint density at radius 1 is 1.07 bits per heavy atom. The molecule has 2 N–H and O–H groups in total. The van der Waals surface area contributed by atoms with Gasteiger partial charge in [0, 0.05) is 49.8 Å². The third kappa shape index (κ3) is 4.55. The van der Waals surface area contributed by atoms with Crippen LogP contribution in [0.4, 0.5) is 0 Å². The lowest BCUT2D eigenvalue weighted by Crippen LogP contribution is -2.47. The number of hydrogen-bond donors (Lipinski definition) is 2. The van der Waals surface area contributed by atoms with Crippen LogP contribution in [-0.2, 0) is 6.54 Å². The Morgan fingerprint density at radius 2 is 1.83 bits per heavy atom. The molecule has 0 radical (unpaired) electrons. The summed E-state index contributed by atoms with van der Waals surface area (Å²) < 4.78 is 0. The number of H-pyrrole nitrogens is 1. The highest BCUT2D eigenvalue weighted by Crippen LogP contribution is 2.10. The number of para-hydroxylation sites is 1. The van der Waals surface area contributed by atoms with Crippen LogP contribution >= 0.6 is 0 Å². The number of likely N-dealkylation sites (N-methyl/N-ethyl adjacent to an activating group) is 1. The van der Waals surface area contributed by atoms with E-state index in [1.54, 1.807) is 12.1 Å². The lowest BCUT2D eigenvalue weighted by molar-refractivity contribution is 0.0922. The lowest BCUT2D eigenvalue weighted by Gasteiger charge is -2.24. The minimum Gasteiger partial charge on any atom is -0.360 e. The summed E-state index contributed by atoms with van der Waals surface area (Å²) in [6.07, 6.45) is 1.52. The highest BCUT2D eigenvalue weighted by Gasteiger charge is 2.24. The standard InChI is InChI=1S/C23H26N4O2/c1-26-11-12-27(14-17-7-3-2-4-8-17)16-18(15-26)25-23(29)20-13-24-21-10-6-5-9-19(21)22(20)28/h2-10,13,18H,11-12,14-16H2,1H3,(H,24,28)(H,25,29). The van der Waals surface area contributed by atoms with E-state index in [4.69, 9.17) is 0 Å². The van der Waals surface area contributed by atoms with E-state index in [1.807, 2.05) is 30.3 Å².